The molecular formula is C10H10FN3O3. The van der Waals surface area contributed by atoms with Crippen molar-refractivity contribution in [2.75, 3.05) is 6.61 Å². The summed E-state index contributed by atoms with van der Waals surface area (Å²) in [5.41, 5.74) is 4.99. The Kier molecular flexibility index (Phi) is 4.37. The van der Waals surface area contributed by atoms with Gasteiger partial charge in [0.05, 0.1) is 23.6 Å². The molecule has 0 amide bonds. The van der Waals surface area contributed by atoms with E-state index in [1.54, 1.807) is 6.07 Å². The highest BCUT2D eigenvalue weighted by atomic mass is 19.1. The third-order valence-corrected chi connectivity index (χ3v) is 1.97. The van der Waals surface area contributed by atoms with Crippen LogP contribution < -0.4 is 10.5 Å². The van der Waals surface area contributed by atoms with Crippen LogP contribution in [0.1, 0.15) is 6.42 Å². The van der Waals surface area contributed by atoms with E-state index < -0.39 is 16.8 Å². The molecule has 2 N–H and O–H groups in total. The molecule has 6 nitrogen and oxygen atoms in total. The van der Waals surface area contributed by atoms with Gasteiger partial charge < -0.3 is 10.5 Å². The van der Waals surface area contributed by atoms with Crippen molar-refractivity contribution in [2.45, 2.75) is 12.5 Å². The minimum atomic E-state index is -0.706. The summed E-state index contributed by atoms with van der Waals surface area (Å²) < 4.78 is 17.9. The summed E-state index contributed by atoms with van der Waals surface area (Å²) in [6.07, 6.45) is 0.212. The van der Waals surface area contributed by atoms with Crippen molar-refractivity contribution in [1.82, 2.24) is 0 Å². The first kappa shape index (κ1) is 12.9. The number of nitrogens with two attached hydrogens (primary N) is 1. The third kappa shape index (κ3) is 3.70. The Morgan fingerprint density at radius 1 is 1.65 bits per heavy atom. The normalized spacial score (nSPS) is 11.6. The van der Waals surface area contributed by atoms with Crippen LogP contribution in [0.15, 0.2) is 18.2 Å². The zero-order valence-electron chi connectivity index (χ0n) is 8.80. The van der Waals surface area contributed by atoms with Crippen molar-refractivity contribution >= 4 is 5.69 Å². The Morgan fingerprint density at radius 3 is 2.94 bits per heavy atom. The molecule has 0 saturated carbocycles. The molecule has 1 unspecified atom stereocenters. The molecule has 90 valence electrons. The van der Waals surface area contributed by atoms with Gasteiger partial charge in [0.1, 0.15) is 5.82 Å². The first-order valence-electron chi connectivity index (χ1n) is 4.76. The van der Waals surface area contributed by atoms with E-state index in [9.17, 15) is 14.5 Å². The van der Waals surface area contributed by atoms with Crippen LogP contribution in [0.2, 0.25) is 0 Å². The number of hydrogen-bond acceptors (Lipinski definition) is 5. The molecule has 0 aliphatic heterocycles. The predicted octanol–water partition coefficient (Wildman–Crippen LogP) is 1.35. The second-order valence-electron chi connectivity index (χ2n) is 3.24. The summed E-state index contributed by atoms with van der Waals surface area (Å²) in [6, 6.07) is 4.01. The van der Waals surface area contributed by atoms with Gasteiger partial charge in [-0.3, -0.25) is 10.1 Å². The number of rotatable bonds is 5. The number of nitro benzene ring substituents is 1. The van der Waals surface area contributed by atoms with E-state index in [4.69, 9.17) is 15.7 Å². The van der Waals surface area contributed by atoms with Gasteiger partial charge >= 0.3 is 5.69 Å². The van der Waals surface area contributed by atoms with Crippen LogP contribution in [0.25, 0.3) is 0 Å². The van der Waals surface area contributed by atoms with Gasteiger partial charge in [0.2, 0.25) is 0 Å². The maximum absolute atomic E-state index is 12.9. The molecule has 0 aromatic heterocycles. The zero-order valence-corrected chi connectivity index (χ0v) is 8.80. The molecule has 0 bridgehead atoms. The Labute approximate surface area is 96.6 Å². The van der Waals surface area contributed by atoms with Crippen LogP contribution in [0, 0.1) is 27.3 Å². The Bertz CT molecular complexity index is 459. The molecule has 0 fully saturated rings. The first-order chi connectivity index (χ1) is 8.04. The summed E-state index contributed by atoms with van der Waals surface area (Å²) in [4.78, 5) is 9.94. The first-order valence-corrected chi connectivity index (χ1v) is 4.76. The van der Waals surface area contributed by atoms with Crippen LogP contribution in [0.5, 0.6) is 5.75 Å². The van der Waals surface area contributed by atoms with Crippen molar-refractivity contribution < 1.29 is 14.1 Å². The zero-order chi connectivity index (χ0) is 12.8. The Balaban J connectivity index is 2.72. The van der Waals surface area contributed by atoms with E-state index >= 15 is 0 Å². The highest BCUT2D eigenvalue weighted by molar-refractivity contribution is 5.46. The minimum absolute atomic E-state index is 0.0129. The number of nitrogens with zero attached hydrogens (tertiary/aromatic N) is 2. The lowest BCUT2D eigenvalue weighted by atomic mass is 10.2. The lowest BCUT2D eigenvalue weighted by Gasteiger charge is -2.07. The van der Waals surface area contributed by atoms with Gasteiger partial charge in [-0.05, 0) is 6.07 Å². The Hall–Kier alpha value is -2.20. The highest BCUT2D eigenvalue weighted by Gasteiger charge is 2.16. The minimum Gasteiger partial charge on any atom is -0.487 e. The van der Waals surface area contributed by atoms with Gasteiger partial charge in [-0.1, -0.05) is 0 Å². The molecule has 0 aliphatic rings. The highest BCUT2D eigenvalue weighted by Crippen LogP contribution is 2.27. The van der Waals surface area contributed by atoms with Crippen molar-refractivity contribution in [3.05, 3.63) is 34.1 Å². The van der Waals surface area contributed by atoms with Gasteiger partial charge in [-0.2, -0.15) is 5.26 Å². The Morgan fingerprint density at radius 2 is 2.35 bits per heavy atom. The number of hydrogen-bond donors (Lipinski definition) is 1. The van der Waals surface area contributed by atoms with Crippen LogP contribution in [0.4, 0.5) is 10.1 Å². The molecule has 0 radical (unpaired) electrons. The number of benzene rings is 1. The largest absolute Gasteiger partial charge is 0.487 e. The van der Waals surface area contributed by atoms with Crippen LogP contribution >= 0.6 is 0 Å². The average molecular weight is 239 g/mol. The molecule has 0 heterocycles. The standard InChI is InChI=1S/C10H10FN3O3/c11-7-1-2-9(14(15)16)10(5-7)17-4-3-8(13)6-12/h1-2,5,8H,3-4,13H2. The fourth-order valence-corrected chi connectivity index (χ4v) is 1.11. The van der Waals surface area contributed by atoms with Gasteiger partial charge in [0.15, 0.2) is 5.75 Å². The fraction of sp³-hybridized carbons (Fsp3) is 0.300. The average Bonchev–Trinajstić information content (AvgIpc) is 2.28. The summed E-state index contributed by atoms with van der Waals surface area (Å²) in [6.45, 7) is 0.0129. The summed E-state index contributed by atoms with van der Waals surface area (Å²) in [7, 11) is 0. The van der Waals surface area contributed by atoms with Gasteiger partial charge in [-0.25, -0.2) is 4.39 Å². The van der Waals surface area contributed by atoms with Gasteiger partial charge in [-0.15, -0.1) is 0 Å². The van der Waals surface area contributed by atoms with Gasteiger partial charge in [0.25, 0.3) is 0 Å². The number of ether oxygens (including phenoxy) is 1. The third-order valence-electron chi connectivity index (χ3n) is 1.97. The molecule has 1 atom stereocenters. The number of nitriles is 1. The maximum atomic E-state index is 12.9. The SMILES string of the molecule is N#CC(N)CCOc1cc(F)ccc1[N+](=O)[O-]. The van der Waals surface area contributed by atoms with Crippen LogP contribution in [-0.4, -0.2) is 17.6 Å². The molecule has 1 aromatic rings. The number of halogens is 1. The van der Waals surface area contributed by atoms with Crippen molar-refractivity contribution in [3.8, 4) is 11.8 Å². The van der Waals surface area contributed by atoms with Gasteiger partial charge in [0, 0.05) is 18.6 Å². The topological polar surface area (TPSA) is 102 Å². The molecule has 17 heavy (non-hydrogen) atoms. The molecule has 7 heteroatoms. The molecule has 1 aromatic carbocycles. The summed E-state index contributed by atoms with van der Waals surface area (Å²) in [5.74, 6) is -0.796. The van der Waals surface area contributed by atoms with E-state index in [2.05, 4.69) is 0 Å². The summed E-state index contributed by atoms with van der Waals surface area (Å²) >= 11 is 0. The van der Waals surface area contributed by atoms with E-state index in [1.165, 1.54) is 0 Å². The van der Waals surface area contributed by atoms with Crippen molar-refractivity contribution in [3.63, 3.8) is 0 Å². The molecule has 1 rings (SSSR count). The second kappa shape index (κ2) is 5.77. The lowest BCUT2D eigenvalue weighted by Crippen LogP contribution is -2.20. The fourth-order valence-electron chi connectivity index (χ4n) is 1.11. The van der Waals surface area contributed by atoms with Crippen LogP contribution in [0.3, 0.4) is 0 Å². The van der Waals surface area contributed by atoms with E-state index in [1.807, 2.05) is 0 Å². The lowest BCUT2D eigenvalue weighted by molar-refractivity contribution is -0.385. The second-order valence-corrected chi connectivity index (χ2v) is 3.24. The molecular weight excluding hydrogens is 229 g/mol. The van der Waals surface area contributed by atoms with E-state index in [-0.39, 0.29) is 24.5 Å². The smallest absolute Gasteiger partial charge is 0.311 e. The summed E-state index contributed by atoms with van der Waals surface area (Å²) in [5, 5.41) is 19.0. The van der Waals surface area contributed by atoms with E-state index in [0.29, 0.717) is 0 Å². The quantitative estimate of drug-likeness (QED) is 0.617. The molecule has 0 spiro atoms. The number of nitro groups is 1. The van der Waals surface area contributed by atoms with Crippen molar-refractivity contribution in [2.24, 2.45) is 5.73 Å². The monoisotopic (exact) mass is 239 g/mol. The predicted molar refractivity (Wildman–Crippen MR) is 56.8 cm³/mol. The van der Waals surface area contributed by atoms with Crippen molar-refractivity contribution in [1.29, 1.82) is 5.26 Å². The van der Waals surface area contributed by atoms with Crippen LogP contribution in [-0.2, 0) is 0 Å². The maximum Gasteiger partial charge on any atom is 0.311 e. The van der Waals surface area contributed by atoms with E-state index in [0.717, 1.165) is 18.2 Å². The molecule has 0 saturated heterocycles. The molecule has 0 aliphatic carbocycles.